The Hall–Kier alpha value is -1.49. The van der Waals surface area contributed by atoms with E-state index in [1.54, 1.807) is 17.3 Å². The van der Waals surface area contributed by atoms with Crippen molar-refractivity contribution in [2.24, 2.45) is 0 Å². The lowest BCUT2D eigenvalue weighted by Gasteiger charge is -2.29. The minimum atomic E-state index is -0.00333. The van der Waals surface area contributed by atoms with Crippen LogP contribution in [0.4, 0.5) is 0 Å². The molecule has 5 nitrogen and oxygen atoms in total. The van der Waals surface area contributed by atoms with Crippen LogP contribution in [0.3, 0.4) is 0 Å². The van der Waals surface area contributed by atoms with Crippen molar-refractivity contribution in [1.29, 1.82) is 0 Å². The minimum Gasteiger partial charge on any atom is -0.326 e. The highest BCUT2D eigenvalue weighted by molar-refractivity contribution is 5.93. The van der Waals surface area contributed by atoms with Crippen molar-refractivity contribution in [3.8, 4) is 0 Å². The van der Waals surface area contributed by atoms with Crippen LogP contribution in [-0.4, -0.2) is 52.5 Å². The van der Waals surface area contributed by atoms with Gasteiger partial charge in [-0.2, -0.15) is 0 Å². The molecule has 1 saturated heterocycles. The van der Waals surface area contributed by atoms with Gasteiger partial charge in [0.05, 0.1) is 11.7 Å². The molecule has 0 radical (unpaired) electrons. The molecule has 1 aliphatic heterocycles. The standard InChI is InChI=1S/C13H20N4O/c1-4-11-14-8-10(9-15-11)13(18)17(3)12-6-5-7-16(12)2/h8-9,12H,4-7H2,1-3H3. The van der Waals surface area contributed by atoms with Crippen LogP contribution in [0.25, 0.3) is 0 Å². The van der Waals surface area contributed by atoms with Crippen molar-refractivity contribution < 1.29 is 4.79 Å². The molecule has 0 aromatic carbocycles. The molecule has 1 fully saturated rings. The van der Waals surface area contributed by atoms with Gasteiger partial charge in [-0.15, -0.1) is 0 Å². The van der Waals surface area contributed by atoms with E-state index in [1.807, 2.05) is 14.0 Å². The summed E-state index contributed by atoms with van der Waals surface area (Å²) >= 11 is 0. The first-order chi connectivity index (χ1) is 8.63. The summed E-state index contributed by atoms with van der Waals surface area (Å²) in [6.07, 6.45) is 6.41. The second-order valence-electron chi connectivity index (χ2n) is 4.76. The Morgan fingerprint density at radius 1 is 1.50 bits per heavy atom. The molecule has 18 heavy (non-hydrogen) atoms. The minimum absolute atomic E-state index is 0.00333. The van der Waals surface area contributed by atoms with Crippen molar-refractivity contribution in [1.82, 2.24) is 19.8 Å². The lowest BCUT2D eigenvalue weighted by Crippen LogP contribution is -2.43. The van der Waals surface area contributed by atoms with Crippen LogP contribution in [-0.2, 0) is 6.42 Å². The highest BCUT2D eigenvalue weighted by Crippen LogP contribution is 2.19. The van der Waals surface area contributed by atoms with Gasteiger partial charge in [0.1, 0.15) is 5.82 Å². The van der Waals surface area contributed by atoms with Crippen LogP contribution < -0.4 is 0 Å². The topological polar surface area (TPSA) is 49.3 Å². The third-order valence-corrected chi connectivity index (χ3v) is 3.52. The number of hydrogen-bond donors (Lipinski definition) is 0. The Labute approximate surface area is 108 Å². The highest BCUT2D eigenvalue weighted by Gasteiger charge is 2.28. The van der Waals surface area contributed by atoms with Gasteiger partial charge < -0.3 is 4.90 Å². The quantitative estimate of drug-likeness (QED) is 0.805. The average molecular weight is 248 g/mol. The Bertz CT molecular complexity index is 418. The first-order valence-electron chi connectivity index (χ1n) is 6.41. The summed E-state index contributed by atoms with van der Waals surface area (Å²) in [5.74, 6) is 0.767. The Morgan fingerprint density at radius 2 is 2.17 bits per heavy atom. The van der Waals surface area contributed by atoms with Crippen LogP contribution in [0.2, 0.25) is 0 Å². The smallest absolute Gasteiger partial charge is 0.257 e. The third-order valence-electron chi connectivity index (χ3n) is 3.52. The van der Waals surface area contributed by atoms with E-state index in [2.05, 4.69) is 21.9 Å². The molecule has 1 aliphatic rings. The predicted molar refractivity (Wildman–Crippen MR) is 69.2 cm³/mol. The zero-order chi connectivity index (χ0) is 13.1. The number of nitrogens with zero attached hydrogens (tertiary/aromatic N) is 4. The zero-order valence-electron chi connectivity index (χ0n) is 11.3. The van der Waals surface area contributed by atoms with Gasteiger partial charge in [-0.3, -0.25) is 9.69 Å². The molecule has 1 aromatic heterocycles. The number of hydrogen-bond acceptors (Lipinski definition) is 4. The Balaban J connectivity index is 2.09. The van der Waals surface area contributed by atoms with Gasteiger partial charge in [0.15, 0.2) is 0 Å². The second-order valence-corrected chi connectivity index (χ2v) is 4.76. The van der Waals surface area contributed by atoms with E-state index in [0.29, 0.717) is 5.56 Å². The molecule has 98 valence electrons. The molecule has 2 heterocycles. The Morgan fingerprint density at radius 3 is 2.67 bits per heavy atom. The molecule has 0 spiro atoms. The van der Waals surface area contributed by atoms with E-state index < -0.39 is 0 Å². The van der Waals surface area contributed by atoms with E-state index >= 15 is 0 Å². The van der Waals surface area contributed by atoms with Gasteiger partial charge in [0.2, 0.25) is 0 Å². The summed E-state index contributed by atoms with van der Waals surface area (Å²) in [5.41, 5.74) is 0.565. The van der Waals surface area contributed by atoms with Crippen LogP contribution in [0.15, 0.2) is 12.4 Å². The fraction of sp³-hybridized carbons (Fsp3) is 0.615. The first kappa shape index (κ1) is 13.0. The van der Waals surface area contributed by atoms with Gasteiger partial charge in [-0.1, -0.05) is 6.92 Å². The molecule has 1 atom stereocenters. The number of rotatable bonds is 3. The lowest BCUT2D eigenvalue weighted by molar-refractivity contribution is 0.0584. The number of aromatic nitrogens is 2. The lowest BCUT2D eigenvalue weighted by atomic mass is 10.2. The van der Waals surface area contributed by atoms with Gasteiger partial charge in [-0.25, -0.2) is 9.97 Å². The molecule has 1 aromatic rings. The van der Waals surface area contributed by atoms with Crippen LogP contribution in [0, 0.1) is 0 Å². The molecular weight excluding hydrogens is 228 g/mol. The SMILES string of the molecule is CCc1ncc(C(=O)N(C)C2CCCN2C)cn1. The van der Waals surface area contributed by atoms with Crippen molar-refractivity contribution in [2.45, 2.75) is 32.4 Å². The monoisotopic (exact) mass is 248 g/mol. The molecule has 1 unspecified atom stereocenters. The van der Waals surface area contributed by atoms with Crippen molar-refractivity contribution in [2.75, 3.05) is 20.6 Å². The van der Waals surface area contributed by atoms with Gasteiger partial charge in [0, 0.05) is 25.9 Å². The summed E-state index contributed by atoms with van der Waals surface area (Å²) in [6, 6.07) is 0. The maximum absolute atomic E-state index is 12.3. The summed E-state index contributed by atoms with van der Waals surface area (Å²) < 4.78 is 0. The van der Waals surface area contributed by atoms with E-state index in [0.717, 1.165) is 31.6 Å². The van der Waals surface area contributed by atoms with Crippen molar-refractivity contribution in [3.05, 3.63) is 23.8 Å². The maximum Gasteiger partial charge on any atom is 0.257 e. The zero-order valence-corrected chi connectivity index (χ0v) is 11.3. The van der Waals surface area contributed by atoms with Gasteiger partial charge >= 0.3 is 0 Å². The number of carbonyl (C=O) groups is 1. The van der Waals surface area contributed by atoms with E-state index in [4.69, 9.17) is 0 Å². The van der Waals surface area contributed by atoms with Gasteiger partial charge in [0.25, 0.3) is 5.91 Å². The highest BCUT2D eigenvalue weighted by atomic mass is 16.2. The number of likely N-dealkylation sites (tertiary alicyclic amines) is 1. The Kier molecular flexibility index (Phi) is 3.91. The summed E-state index contributed by atoms with van der Waals surface area (Å²) in [6.45, 7) is 3.05. The average Bonchev–Trinajstić information content (AvgIpc) is 2.83. The molecule has 0 N–H and O–H groups in total. The fourth-order valence-corrected chi connectivity index (χ4v) is 2.37. The summed E-state index contributed by atoms with van der Waals surface area (Å²) in [5, 5.41) is 0. The molecule has 0 bridgehead atoms. The predicted octanol–water partition coefficient (Wildman–Crippen LogP) is 1.16. The third kappa shape index (κ3) is 2.51. The summed E-state index contributed by atoms with van der Waals surface area (Å²) in [7, 11) is 3.90. The van der Waals surface area contributed by atoms with Crippen molar-refractivity contribution in [3.63, 3.8) is 0 Å². The summed E-state index contributed by atoms with van der Waals surface area (Å²) in [4.78, 5) is 24.6. The van der Waals surface area contributed by atoms with E-state index in [9.17, 15) is 4.79 Å². The van der Waals surface area contributed by atoms with Crippen LogP contribution in [0.1, 0.15) is 35.9 Å². The fourth-order valence-electron chi connectivity index (χ4n) is 2.37. The number of carbonyl (C=O) groups excluding carboxylic acids is 1. The van der Waals surface area contributed by atoms with Crippen LogP contribution in [0.5, 0.6) is 0 Å². The van der Waals surface area contributed by atoms with Crippen molar-refractivity contribution >= 4 is 5.91 Å². The largest absolute Gasteiger partial charge is 0.326 e. The number of amides is 1. The maximum atomic E-state index is 12.3. The molecule has 5 heteroatoms. The van der Waals surface area contributed by atoms with E-state index in [-0.39, 0.29) is 12.1 Å². The number of aryl methyl sites for hydroxylation is 1. The molecule has 0 saturated carbocycles. The van der Waals surface area contributed by atoms with E-state index in [1.165, 1.54) is 0 Å². The second kappa shape index (κ2) is 5.44. The van der Waals surface area contributed by atoms with Crippen LogP contribution >= 0.6 is 0 Å². The molecule has 2 rings (SSSR count). The van der Waals surface area contributed by atoms with Gasteiger partial charge in [-0.05, 0) is 26.4 Å². The first-order valence-corrected chi connectivity index (χ1v) is 6.41. The molecule has 1 amide bonds. The molecule has 0 aliphatic carbocycles. The normalized spacial score (nSPS) is 20.1. The molecular formula is C13H20N4O.